The predicted octanol–water partition coefficient (Wildman–Crippen LogP) is 5.54. The normalized spacial score (nSPS) is 10.8. The van der Waals surface area contributed by atoms with Gasteiger partial charge in [0.2, 0.25) is 0 Å². The summed E-state index contributed by atoms with van der Waals surface area (Å²) in [4.78, 5) is 0. The molecule has 0 atom stereocenters. The molecule has 0 radical (unpaired) electrons. The molecule has 1 N–H and O–H groups in total. The molecule has 3 nitrogen and oxygen atoms in total. The van der Waals surface area contributed by atoms with E-state index in [-0.39, 0.29) is 0 Å². The molecule has 0 saturated heterocycles. The van der Waals surface area contributed by atoms with Crippen molar-refractivity contribution >= 4 is 11.9 Å². The van der Waals surface area contributed by atoms with E-state index in [1.807, 2.05) is 60.7 Å². The maximum atomic E-state index is 5.77. The summed E-state index contributed by atoms with van der Waals surface area (Å²) in [6.07, 6.45) is 1.79. The molecule has 24 heavy (non-hydrogen) atoms. The van der Waals surface area contributed by atoms with E-state index in [0.717, 1.165) is 22.7 Å². The Morgan fingerprint density at radius 2 is 1.50 bits per heavy atom. The van der Waals surface area contributed by atoms with Crippen LogP contribution in [0, 0.1) is 13.8 Å². The van der Waals surface area contributed by atoms with Crippen molar-refractivity contribution in [3.05, 3.63) is 89.5 Å². The van der Waals surface area contributed by atoms with Gasteiger partial charge in [-0.15, -0.1) is 0 Å². The summed E-state index contributed by atoms with van der Waals surface area (Å²) in [6, 6.07) is 23.8. The van der Waals surface area contributed by atoms with E-state index >= 15 is 0 Å². The highest BCUT2D eigenvalue weighted by Gasteiger charge is 1.97. The van der Waals surface area contributed by atoms with Crippen LogP contribution in [0.4, 0.5) is 5.69 Å². The molecule has 0 amide bonds. The summed E-state index contributed by atoms with van der Waals surface area (Å²) in [6.45, 7) is 4.19. The van der Waals surface area contributed by atoms with Crippen LogP contribution in [0.2, 0.25) is 0 Å². The fraction of sp³-hybridized carbons (Fsp3) is 0.0952. The zero-order valence-corrected chi connectivity index (χ0v) is 13.9. The van der Waals surface area contributed by atoms with Crippen molar-refractivity contribution in [3.63, 3.8) is 0 Å². The molecule has 120 valence electrons. The van der Waals surface area contributed by atoms with E-state index < -0.39 is 0 Å². The van der Waals surface area contributed by atoms with Gasteiger partial charge >= 0.3 is 0 Å². The number of para-hydroxylation sites is 1. The van der Waals surface area contributed by atoms with Crippen LogP contribution >= 0.6 is 0 Å². The van der Waals surface area contributed by atoms with Gasteiger partial charge in [-0.05, 0) is 79.1 Å². The van der Waals surface area contributed by atoms with Crippen LogP contribution in [-0.4, -0.2) is 6.21 Å². The van der Waals surface area contributed by atoms with E-state index in [1.54, 1.807) is 6.21 Å². The van der Waals surface area contributed by atoms with Crippen LogP contribution in [0.25, 0.3) is 0 Å². The Morgan fingerprint density at radius 3 is 2.21 bits per heavy atom. The van der Waals surface area contributed by atoms with Crippen molar-refractivity contribution in [3.8, 4) is 11.5 Å². The molecule has 3 aromatic rings. The molecule has 0 aliphatic heterocycles. The summed E-state index contributed by atoms with van der Waals surface area (Å²) < 4.78 is 5.77. The maximum Gasteiger partial charge on any atom is 0.127 e. The lowest BCUT2D eigenvalue weighted by Gasteiger charge is -2.05. The lowest BCUT2D eigenvalue weighted by atomic mass is 10.1. The molecule has 3 rings (SSSR count). The van der Waals surface area contributed by atoms with Crippen LogP contribution < -0.4 is 10.2 Å². The Bertz CT molecular complexity index is 824. The summed E-state index contributed by atoms with van der Waals surface area (Å²) in [5, 5.41) is 4.28. The first-order valence-electron chi connectivity index (χ1n) is 7.90. The third kappa shape index (κ3) is 4.23. The zero-order valence-electron chi connectivity index (χ0n) is 13.9. The first kappa shape index (κ1) is 15.8. The third-order valence-corrected chi connectivity index (χ3v) is 3.77. The highest BCUT2D eigenvalue weighted by Crippen LogP contribution is 2.20. The number of rotatable bonds is 5. The molecule has 0 unspecified atom stereocenters. The van der Waals surface area contributed by atoms with Crippen molar-refractivity contribution in [2.45, 2.75) is 13.8 Å². The van der Waals surface area contributed by atoms with E-state index in [0.29, 0.717) is 0 Å². The number of benzene rings is 3. The quantitative estimate of drug-likeness (QED) is 0.495. The zero-order chi connectivity index (χ0) is 16.8. The van der Waals surface area contributed by atoms with Crippen molar-refractivity contribution in [2.75, 3.05) is 5.43 Å². The minimum absolute atomic E-state index is 0.806. The molecular weight excluding hydrogens is 296 g/mol. The van der Waals surface area contributed by atoms with Crippen LogP contribution in [0.15, 0.2) is 77.9 Å². The number of aryl methyl sites for hydroxylation is 2. The van der Waals surface area contributed by atoms with Gasteiger partial charge in [-0.3, -0.25) is 5.43 Å². The Hall–Kier alpha value is -3.07. The van der Waals surface area contributed by atoms with Gasteiger partial charge in [-0.25, -0.2) is 0 Å². The van der Waals surface area contributed by atoms with Gasteiger partial charge in [0.25, 0.3) is 0 Å². The number of hydrogen-bond donors (Lipinski definition) is 1. The summed E-state index contributed by atoms with van der Waals surface area (Å²) in [5.74, 6) is 1.63. The second kappa shape index (κ2) is 7.47. The minimum atomic E-state index is 0.806. The van der Waals surface area contributed by atoms with Crippen LogP contribution in [0.5, 0.6) is 11.5 Å². The van der Waals surface area contributed by atoms with Crippen molar-refractivity contribution in [1.29, 1.82) is 0 Å². The lowest BCUT2D eigenvalue weighted by molar-refractivity contribution is 0.482. The smallest absolute Gasteiger partial charge is 0.127 e. The highest BCUT2D eigenvalue weighted by atomic mass is 16.5. The molecule has 0 heterocycles. The number of ether oxygens (including phenoxy) is 1. The number of hydrazone groups is 1. The fourth-order valence-corrected chi connectivity index (χ4v) is 2.24. The van der Waals surface area contributed by atoms with Gasteiger partial charge in [0, 0.05) is 0 Å². The molecule has 0 spiro atoms. The topological polar surface area (TPSA) is 33.6 Å². The van der Waals surface area contributed by atoms with E-state index in [1.165, 1.54) is 11.1 Å². The summed E-state index contributed by atoms with van der Waals surface area (Å²) >= 11 is 0. The Kier molecular flexibility index (Phi) is 4.92. The monoisotopic (exact) mass is 316 g/mol. The second-order valence-corrected chi connectivity index (χ2v) is 5.65. The maximum absolute atomic E-state index is 5.77. The average molecular weight is 316 g/mol. The first-order chi connectivity index (χ1) is 11.7. The molecule has 0 fully saturated rings. The average Bonchev–Trinajstić information content (AvgIpc) is 2.60. The summed E-state index contributed by atoms with van der Waals surface area (Å²) in [5.41, 5.74) is 7.57. The van der Waals surface area contributed by atoms with Gasteiger partial charge in [0.15, 0.2) is 0 Å². The summed E-state index contributed by atoms with van der Waals surface area (Å²) in [7, 11) is 0. The SMILES string of the molecule is Cc1ccc(NN=Cc2ccc(Oc3ccccc3)cc2)cc1C. The van der Waals surface area contributed by atoms with Crippen molar-refractivity contribution in [2.24, 2.45) is 5.10 Å². The van der Waals surface area contributed by atoms with Crippen LogP contribution in [-0.2, 0) is 0 Å². The van der Waals surface area contributed by atoms with Crippen LogP contribution in [0.1, 0.15) is 16.7 Å². The van der Waals surface area contributed by atoms with Gasteiger partial charge in [-0.1, -0.05) is 24.3 Å². The number of nitrogens with one attached hydrogen (secondary N) is 1. The Balaban J connectivity index is 1.60. The van der Waals surface area contributed by atoms with E-state index in [2.05, 4.69) is 36.5 Å². The van der Waals surface area contributed by atoms with Crippen molar-refractivity contribution in [1.82, 2.24) is 0 Å². The molecule has 0 bridgehead atoms. The van der Waals surface area contributed by atoms with Gasteiger partial charge in [0.05, 0.1) is 11.9 Å². The largest absolute Gasteiger partial charge is 0.457 e. The lowest BCUT2D eigenvalue weighted by Crippen LogP contribution is -1.92. The Labute approximate surface area is 142 Å². The molecule has 3 aromatic carbocycles. The molecule has 0 aliphatic rings. The molecule has 3 heteroatoms. The van der Waals surface area contributed by atoms with Gasteiger partial charge in [0.1, 0.15) is 11.5 Å². The van der Waals surface area contributed by atoms with Gasteiger partial charge < -0.3 is 4.74 Å². The minimum Gasteiger partial charge on any atom is -0.457 e. The molecule has 0 saturated carbocycles. The predicted molar refractivity (Wildman–Crippen MR) is 100 cm³/mol. The number of hydrogen-bond acceptors (Lipinski definition) is 3. The van der Waals surface area contributed by atoms with Gasteiger partial charge in [-0.2, -0.15) is 5.10 Å². The highest BCUT2D eigenvalue weighted by molar-refractivity contribution is 5.80. The van der Waals surface area contributed by atoms with E-state index in [9.17, 15) is 0 Å². The number of anilines is 1. The standard InChI is InChI=1S/C21H20N2O/c1-16-8-11-19(14-17(16)2)23-22-15-18-9-12-21(13-10-18)24-20-6-4-3-5-7-20/h3-15,23H,1-2H3. The molecular formula is C21H20N2O. The molecule has 0 aromatic heterocycles. The van der Waals surface area contributed by atoms with Crippen LogP contribution in [0.3, 0.4) is 0 Å². The van der Waals surface area contributed by atoms with Crippen molar-refractivity contribution < 1.29 is 4.74 Å². The van der Waals surface area contributed by atoms with E-state index in [4.69, 9.17) is 4.74 Å². The fourth-order valence-electron chi connectivity index (χ4n) is 2.24. The first-order valence-corrected chi connectivity index (χ1v) is 7.90. The number of nitrogens with zero attached hydrogens (tertiary/aromatic N) is 1. The second-order valence-electron chi connectivity index (χ2n) is 5.65. The molecule has 0 aliphatic carbocycles. The Morgan fingerprint density at radius 1 is 0.792 bits per heavy atom. The third-order valence-electron chi connectivity index (χ3n) is 3.77.